The van der Waals surface area contributed by atoms with Crippen molar-refractivity contribution >= 4 is 22.4 Å². The molecule has 5 heteroatoms. The Hall–Kier alpha value is -2.92. The lowest BCUT2D eigenvalue weighted by Crippen LogP contribution is -2.45. The normalized spacial score (nSPS) is 18.6. The number of aromatic nitrogens is 1. The maximum atomic E-state index is 12.5. The van der Waals surface area contributed by atoms with Crippen molar-refractivity contribution in [3.05, 3.63) is 59.9 Å². The van der Waals surface area contributed by atoms with Crippen molar-refractivity contribution in [1.29, 1.82) is 0 Å². The highest BCUT2D eigenvalue weighted by molar-refractivity contribution is 5.97. The van der Waals surface area contributed by atoms with Crippen molar-refractivity contribution in [2.75, 3.05) is 26.0 Å². The molecule has 1 amide bonds. The average molecular weight is 460 g/mol. The summed E-state index contributed by atoms with van der Waals surface area (Å²) in [6, 6.07) is 17.2. The smallest absolute Gasteiger partial charge is 0.225 e. The van der Waals surface area contributed by atoms with E-state index in [-0.39, 0.29) is 17.9 Å². The number of piperidine rings is 1. The SMILES string of the molecule is COCCC(=O)N1CCC(Cc2nc(C(C)C)c(-c3cccc4ccccc34)cc2N)C[C@H]1C. The second-order valence-electron chi connectivity index (χ2n) is 9.91. The molecule has 1 unspecified atom stereocenters. The molecule has 1 saturated heterocycles. The lowest BCUT2D eigenvalue weighted by atomic mass is 9.86. The van der Waals surface area contributed by atoms with Crippen molar-refractivity contribution < 1.29 is 9.53 Å². The van der Waals surface area contributed by atoms with Gasteiger partial charge in [0.15, 0.2) is 0 Å². The van der Waals surface area contributed by atoms with Crippen LogP contribution in [0.1, 0.15) is 57.3 Å². The quantitative estimate of drug-likeness (QED) is 0.484. The molecule has 2 heterocycles. The molecule has 2 N–H and O–H groups in total. The number of pyridine rings is 1. The van der Waals surface area contributed by atoms with Crippen molar-refractivity contribution in [3.63, 3.8) is 0 Å². The number of anilines is 1. The van der Waals surface area contributed by atoms with E-state index in [4.69, 9.17) is 15.5 Å². The summed E-state index contributed by atoms with van der Waals surface area (Å²) in [7, 11) is 1.64. The molecular weight excluding hydrogens is 422 g/mol. The van der Waals surface area contributed by atoms with Crippen molar-refractivity contribution in [1.82, 2.24) is 9.88 Å². The van der Waals surface area contributed by atoms with Crippen LogP contribution in [0.3, 0.4) is 0 Å². The zero-order chi connectivity index (χ0) is 24.2. The van der Waals surface area contributed by atoms with E-state index < -0.39 is 0 Å². The van der Waals surface area contributed by atoms with Gasteiger partial charge in [0.2, 0.25) is 5.91 Å². The molecule has 0 aliphatic carbocycles. The zero-order valence-corrected chi connectivity index (χ0v) is 20.9. The van der Waals surface area contributed by atoms with Gasteiger partial charge in [-0.3, -0.25) is 9.78 Å². The molecule has 4 rings (SSSR count). The third kappa shape index (κ3) is 5.10. The second kappa shape index (κ2) is 10.6. The van der Waals surface area contributed by atoms with Crippen LogP contribution in [0.25, 0.3) is 21.9 Å². The first-order valence-corrected chi connectivity index (χ1v) is 12.4. The minimum absolute atomic E-state index is 0.187. The average Bonchev–Trinajstić information content (AvgIpc) is 2.83. The monoisotopic (exact) mass is 459 g/mol. The number of ether oxygens (including phenoxy) is 1. The summed E-state index contributed by atoms with van der Waals surface area (Å²) in [6.07, 6.45) is 3.26. The molecule has 1 aliphatic rings. The first-order valence-electron chi connectivity index (χ1n) is 12.4. The van der Waals surface area contributed by atoms with Gasteiger partial charge in [-0.15, -0.1) is 0 Å². The molecule has 2 atom stereocenters. The van der Waals surface area contributed by atoms with Gasteiger partial charge in [-0.25, -0.2) is 0 Å². The third-order valence-corrected chi connectivity index (χ3v) is 7.10. The van der Waals surface area contributed by atoms with E-state index >= 15 is 0 Å². The fourth-order valence-electron chi connectivity index (χ4n) is 5.29. The zero-order valence-electron chi connectivity index (χ0n) is 20.9. The van der Waals surface area contributed by atoms with Crippen molar-refractivity contribution in [2.45, 2.75) is 58.4 Å². The summed E-state index contributed by atoms with van der Waals surface area (Å²) in [5, 5.41) is 2.44. The standard InChI is InChI=1S/C29H37N3O2/c1-19(2)29-25(24-11-7-9-22-8-5-6-10-23(22)24)18-26(30)27(31-29)17-21-12-14-32(20(3)16-21)28(33)13-15-34-4/h5-11,18-21H,12-17,30H2,1-4H3/t20-,21?/m1/s1. The summed E-state index contributed by atoms with van der Waals surface area (Å²) in [5.41, 5.74) is 11.8. The number of fused-ring (bicyclic) bond motifs is 1. The summed E-state index contributed by atoms with van der Waals surface area (Å²) in [5.74, 6) is 0.944. The van der Waals surface area contributed by atoms with Gasteiger partial charge in [-0.2, -0.15) is 0 Å². The van der Waals surface area contributed by atoms with E-state index in [1.165, 1.54) is 16.3 Å². The van der Waals surface area contributed by atoms with Crippen LogP contribution in [0.15, 0.2) is 48.5 Å². The van der Waals surface area contributed by atoms with Crippen LogP contribution in [0, 0.1) is 5.92 Å². The number of carbonyl (C=O) groups excluding carboxylic acids is 1. The Morgan fingerprint density at radius 2 is 1.94 bits per heavy atom. The van der Waals surface area contributed by atoms with Crippen LogP contribution in [-0.2, 0) is 16.0 Å². The van der Waals surface area contributed by atoms with Gasteiger partial charge >= 0.3 is 0 Å². The highest BCUT2D eigenvalue weighted by Gasteiger charge is 2.29. The fourth-order valence-corrected chi connectivity index (χ4v) is 5.29. The second-order valence-corrected chi connectivity index (χ2v) is 9.91. The fraction of sp³-hybridized carbons (Fsp3) is 0.448. The molecular formula is C29H37N3O2. The van der Waals surface area contributed by atoms with Gasteiger partial charge < -0.3 is 15.4 Å². The third-order valence-electron chi connectivity index (χ3n) is 7.10. The van der Waals surface area contributed by atoms with Gasteiger partial charge in [0, 0.05) is 25.3 Å². The van der Waals surface area contributed by atoms with Gasteiger partial charge in [-0.1, -0.05) is 56.3 Å². The first-order chi connectivity index (χ1) is 16.4. The Kier molecular flexibility index (Phi) is 7.52. The molecule has 0 spiro atoms. The van der Waals surface area contributed by atoms with Gasteiger partial charge in [0.25, 0.3) is 0 Å². The molecule has 5 nitrogen and oxygen atoms in total. The molecule has 2 aromatic carbocycles. The van der Waals surface area contributed by atoms with Crippen LogP contribution >= 0.6 is 0 Å². The maximum absolute atomic E-state index is 12.5. The lowest BCUT2D eigenvalue weighted by Gasteiger charge is -2.38. The Labute approximate surface area is 203 Å². The predicted octanol–water partition coefficient (Wildman–Crippen LogP) is 5.81. The molecule has 180 valence electrons. The summed E-state index contributed by atoms with van der Waals surface area (Å²) in [4.78, 5) is 19.6. The molecule has 3 aromatic rings. The number of hydrogen-bond donors (Lipinski definition) is 1. The molecule has 0 saturated carbocycles. The number of amides is 1. The van der Waals surface area contributed by atoms with Gasteiger partial charge in [-0.05, 0) is 60.4 Å². The van der Waals surface area contributed by atoms with E-state index in [0.29, 0.717) is 18.9 Å². The lowest BCUT2D eigenvalue weighted by molar-refractivity contribution is -0.136. The Balaban J connectivity index is 1.58. The van der Waals surface area contributed by atoms with E-state index in [9.17, 15) is 4.79 Å². The summed E-state index contributed by atoms with van der Waals surface area (Å²) < 4.78 is 5.08. The van der Waals surface area contributed by atoms with Crippen molar-refractivity contribution in [2.24, 2.45) is 5.92 Å². The van der Waals surface area contributed by atoms with Crippen LogP contribution in [-0.4, -0.2) is 42.1 Å². The summed E-state index contributed by atoms with van der Waals surface area (Å²) in [6.45, 7) is 7.81. The highest BCUT2D eigenvalue weighted by atomic mass is 16.5. The number of methoxy groups -OCH3 is 1. The molecule has 1 fully saturated rings. The maximum Gasteiger partial charge on any atom is 0.225 e. The number of nitrogen functional groups attached to an aromatic ring is 1. The van der Waals surface area contributed by atoms with E-state index in [2.05, 4.69) is 69.3 Å². The molecule has 1 aromatic heterocycles. The summed E-state index contributed by atoms with van der Waals surface area (Å²) >= 11 is 0. The molecule has 34 heavy (non-hydrogen) atoms. The van der Waals surface area contributed by atoms with Crippen LogP contribution in [0.4, 0.5) is 5.69 Å². The molecule has 1 aliphatic heterocycles. The topological polar surface area (TPSA) is 68.5 Å². The van der Waals surface area contributed by atoms with Gasteiger partial charge in [0.05, 0.1) is 30.1 Å². The Morgan fingerprint density at radius 1 is 1.18 bits per heavy atom. The number of nitrogens with two attached hydrogens (primary N) is 1. The number of hydrogen-bond acceptors (Lipinski definition) is 4. The number of rotatable bonds is 7. The molecule has 0 radical (unpaired) electrons. The minimum Gasteiger partial charge on any atom is -0.397 e. The largest absolute Gasteiger partial charge is 0.397 e. The minimum atomic E-state index is 0.187. The number of carbonyl (C=O) groups is 1. The number of nitrogens with zero attached hydrogens (tertiary/aromatic N) is 2. The van der Waals surface area contributed by atoms with Crippen LogP contribution in [0.2, 0.25) is 0 Å². The van der Waals surface area contributed by atoms with E-state index in [1.54, 1.807) is 7.11 Å². The van der Waals surface area contributed by atoms with Crippen LogP contribution < -0.4 is 5.73 Å². The molecule has 0 bridgehead atoms. The Bertz CT molecular complexity index is 1150. The predicted molar refractivity (Wildman–Crippen MR) is 140 cm³/mol. The van der Waals surface area contributed by atoms with Crippen LogP contribution in [0.5, 0.6) is 0 Å². The number of likely N-dealkylation sites (tertiary alicyclic amines) is 1. The Morgan fingerprint density at radius 3 is 2.68 bits per heavy atom. The van der Waals surface area contributed by atoms with E-state index in [0.717, 1.165) is 48.4 Å². The van der Waals surface area contributed by atoms with Gasteiger partial charge in [0.1, 0.15) is 0 Å². The first kappa shape index (κ1) is 24.2. The highest BCUT2D eigenvalue weighted by Crippen LogP contribution is 2.36. The van der Waals surface area contributed by atoms with Crippen molar-refractivity contribution in [3.8, 4) is 11.1 Å². The number of benzene rings is 2. The van der Waals surface area contributed by atoms with E-state index in [1.807, 2.05) is 4.90 Å².